The van der Waals surface area contributed by atoms with Crippen LogP contribution in [0.25, 0.3) is 0 Å². The minimum Gasteiger partial charge on any atom is -0.474 e. The first kappa shape index (κ1) is 15.5. The smallest absolute Gasteiger partial charge is 0.232 e. The minimum absolute atomic E-state index is 0.0485. The Morgan fingerprint density at radius 2 is 1.81 bits per heavy atom. The van der Waals surface area contributed by atoms with Crippen molar-refractivity contribution in [1.29, 1.82) is 5.26 Å². The molecule has 6 heteroatoms. The predicted molar refractivity (Wildman–Crippen MR) is 77.5 cm³/mol. The number of nitriles is 1. The lowest BCUT2D eigenvalue weighted by Gasteiger charge is -2.26. The number of anilines is 1. The van der Waals surface area contributed by atoms with Gasteiger partial charge in [0.1, 0.15) is 28.5 Å². The number of nitrogens with zero attached hydrogens (tertiary/aromatic N) is 3. The molecule has 0 unspecified atom stereocenters. The topological polar surface area (TPSA) is 67.6 Å². The van der Waals surface area contributed by atoms with Gasteiger partial charge in [0.05, 0.1) is 12.3 Å². The van der Waals surface area contributed by atoms with Crippen molar-refractivity contribution in [2.75, 3.05) is 5.23 Å². The van der Waals surface area contributed by atoms with Crippen molar-refractivity contribution in [3.8, 4) is 11.9 Å². The highest BCUT2D eigenvalue weighted by Gasteiger charge is 2.50. The van der Waals surface area contributed by atoms with E-state index >= 15 is 0 Å². The lowest BCUT2D eigenvalue weighted by Crippen LogP contribution is -2.41. The van der Waals surface area contributed by atoms with Gasteiger partial charge in [-0.1, -0.05) is 0 Å². The van der Waals surface area contributed by atoms with Gasteiger partial charge in [-0.2, -0.15) is 5.26 Å². The Morgan fingerprint density at radius 3 is 2.29 bits per heavy atom. The summed E-state index contributed by atoms with van der Waals surface area (Å²) < 4.78 is 5.50. The molecule has 0 amide bonds. The summed E-state index contributed by atoms with van der Waals surface area (Å²) in [5.41, 5.74) is -0.0861. The Balaban J connectivity index is 2.29. The molecule has 114 valence electrons. The molecule has 2 rings (SSSR count). The monoisotopic (exact) mass is 291 g/mol. The van der Waals surface area contributed by atoms with Crippen molar-refractivity contribution < 1.29 is 14.4 Å². The van der Waals surface area contributed by atoms with Crippen molar-refractivity contribution in [1.82, 2.24) is 4.98 Å². The van der Waals surface area contributed by atoms with Crippen molar-refractivity contribution in [3.63, 3.8) is 0 Å². The molecule has 0 saturated carbocycles. The summed E-state index contributed by atoms with van der Waals surface area (Å²) in [5, 5.41) is 10.5. The van der Waals surface area contributed by atoms with Crippen molar-refractivity contribution in [2.24, 2.45) is 0 Å². The molecule has 0 N–H and O–H groups in total. The largest absolute Gasteiger partial charge is 0.474 e. The summed E-state index contributed by atoms with van der Waals surface area (Å²) in [6, 6.07) is 3.72. The first-order chi connectivity index (χ1) is 9.66. The maximum absolute atomic E-state index is 9.23. The van der Waals surface area contributed by atoms with E-state index in [-0.39, 0.29) is 6.10 Å². The van der Waals surface area contributed by atoms with Crippen LogP contribution in [-0.4, -0.2) is 22.3 Å². The maximum Gasteiger partial charge on any atom is 0.232 e. The van der Waals surface area contributed by atoms with Gasteiger partial charge >= 0.3 is 0 Å². The fourth-order valence-electron chi connectivity index (χ4n) is 1.70. The molecular weight excluding hydrogens is 270 g/mol. The highest BCUT2D eigenvalue weighted by molar-refractivity contribution is 5.51. The van der Waals surface area contributed by atoms with E-state index in [1.165, 1.54) is 5.23 Å². The molecule has 1 aliphatic rings. The molecule has 21 heavy (non-hydrogen) atoms. The average molecular weight is 291 g/mol. The van der Waals surface area contributed by atoms with Gasteiger partial charge in [-0.25, -0.2) is 14.7 Å². The van der Waals surface area contributed by atoms with Gasteiger partial charge in [-0.3, -0.25) is 0 Å². The maximum atomic E-state index is 9.23. The SMILES string of the molecule is CC(C)Oc1ncc(N2OC(C)(C)C(C)(C)O2)cc1C#N. The number of pyridine rings is 1. The van der Waals surface area contributed by atoms with E-state index in [1.807, 2.05) is 41.5 Å². The van der Waals surface area contributed by atoms with Crippen LogP contribution in [0.3, 0.4) is 0 Å². The molecule has 1 fully saturated rings. The van der Waals surface area contributed by atoms with Crippen LogP contribution in [-0.2, 0) is 9.68 Å². The second-order valence-electron chi connectivity index (χ2n) is 6.28. The molecule has 0 bridgehead atoms. The molecule has 0 spiro atoms. The summed E-state index contributed by atoms with van der Waals surface area (Å²) in [7, 11) is 0. The molecule has 0 aliphatic carbocycles. The van der Waals surface area contributed by atoms with Crippen LogP contribution in [0.5, 0.6) is 5.88 Å². The lowest BCUT2D eigenvalue weighted by molar-refractivity contribution is -0.0274. The number of aromatic nitrogens is 1. The Hall–Kier alpha value is -1.84. The first-order valence-electron chi connectivity index (χ1n) is 6.91. The zero-order valence-electron chi connectivity index (χ0n) is 13.3. The number of ether oxygens (including phenoxy) is 1. The number of hydrogen-bond acceptors (Lipinski definition) is 6. The van der Waals surface area contributed by atoms with E-state index in [9.17, 15) is 5.26 Å². The van der Waals surface area contributed by atoms with Crippen molar-refractivity contribution >= 4 is 5.69 Å². The van der Waals surface area contributed by atoms with Gasteiger partial charge in [-0.05, 0) is 47.6 Å². The molecule has 1 saturated heterocycles. The van der Waals surface area contributed by atoms with E-state index in [4.69, 9.17) is 14.4 Å². The zero-order valence-corrected chi connectivity index (χ0v) is 13.3. The van der Waals surface area contributed by atoms with Crippen LogP contribution in [0.2, 0.25) is 0 Å². The Morgan fingerprint density at radius 1 is 1.24 bits per heavy atom. The van der Waals surface area contributed by atoms with E-state index < -0.39 is 11.2 Å². The Kier molecular flexibility index (Phi) is 3.83. The molecule has 2 heterocycles. The summed E-state index contributed by atoms with van der Waals surface area (Å²) in [5.74, 6) is 0.314. The van der Waals surface area contributed by atoms with E-state index in [0.717, 1.165) is 0 Å². The predicted octanol–water partition coefficient (Wildman–Crippen LogP) is 2.98. The molecule has 0 aromatic carbocycles. The standard InChI is InChI=1S/C15H21N3O3/c1-10(2)19-13-11(8-16)7-12(9-17-13)18-20-14(3,4)15(5,6)21-18/h7,9-10H,1-6H3. The third kappa shape index (κ3) is 2.94. The lowest BCUT2D eigenvalue weighted by atomic mass is 9.90. The Labute approximate surface area is 125 Å². The van der Waals surface area contributed by atoms with Crippen LogP contribution in [0.15, 0.2) is 12.3 Å². The molecule has 1 aromatic heterocycles. The fourth-order valence-corrected chi connectivity index (χ4v) is 1.70. The molecular formula is C15H21N3O3. The van der Waals surface area contributed by atoms with Gasteiger partial charge in [0.2, 0.25) is 5.88 Å². The average Bonchev–Trinajstić information content (AvgIpc) is 2.58. The van der Waals surface area contributed by atoms with E-state index in [1.54, 1.807) is 12.3 Å². The summed E-state index contributed by atoms with van der Waals surface area (Å²) >= 11 is 0. The molecule has 1 aromatic rings. The number of hydrogen-bond donors (Lipinski definition) is 0. The van der Waals surface area contributed by atoms with Crippen molar-refractivity contribution in [2.45, 2.75) is 58.8 Å². The quantitative estimate of drug-likeness (QED) is 0.853. The van der Waals surface area contributed by atoms with Crippen LogP contribution in [0, 0.1) is 11.3 Å². The minimum atomic E-state index is -0.493. The van der Waals surface area contributed by atoms with Crippen LogP contribution >= 0.6 is 0 Å². The summed E-state index contributed by atoms with van der Waals surface area (Å²) in [4.78, 5) is 15.8. The first-order valence-corrected chi connectivity index (χ1v) is 6.91. The molecule has 0 radical (unpaired) electrons. The Bertz CT molecular complexity index is 560. The third-order valence-electron chi connectivity index (χ3n) is 3.59. The molecule has 6 nitrogen and oxygen atoms in total. The molecule has 0 atom stereocenters. The second-order valence-corrected chi connectivity index (χ2v) is 6.28. The third-order valence-corrected chi connectivity index (χ3v) is 3.59. The van der Waals surface area contributed by atoms with Crippen molar-refractivity contribution in [3.05, 3.63) is 17.8 Å². The van der Waals surface area contributed by atoms with Gasteiger partial charge < -0.3 is 4.74 Å². The van der Waals surface area contributed by atoms with Gasteiger partial charge in [0, 0.05) is 0 Å². The summed E-state index contributed by atoms with van der Waals surface area (Å²) in [6.45, 7) is 11.6. The normalized spacial score (nSPS) is 19.6. The second kappa shape index (κ2) is 5.17. The van der Waals surface area contributed by atoms with Gasteiger partial charge in [0.15, 0.2) is 0 Å². The number of rotatable bonds is 3. The van der Waals surface area contributed by atoms with Crippen LogP contribution in [0.1, 0.15) is 47.1 Å². The molecule has 1 aliphatic heterocycles. The van der Waals surface area contributed by atoms with E-state index in [2.05, 4.69) is 11.1 Å². The van der Waals surface area contributed by atoms with Gasteiger partial charge in [-0.15, -0.1) is 5.23 Å². The fraction of sp³-hybridized carbons (Fsp3) is 0.600. The van der Waals surface area contributed by atoms with Crippen LogP contribution in [0.4, 0.5) is 5.69 Å². The highest BCUT2D eigenvalue weighted by atomic mass is 17.0. The summed E-state index contributed by atoms with van der Waals surface area (Å²) in [6.07, 6.45) is 1.52. The van der Waals surface area contributed by atoms with Crippen LogP contribution < -0.4 is 9.96 Å². The van der Waals surface area contributed by atoms with E-state index in [0.29, 0.717) is 17.1 Å². The zero-order chi connectivity index (χ0) is 15.8. The van der Waals surface area contributed by atoms with Gasteiger partial charge in [0.25, 0.3) is 0 Å². The highest BCUT2D eigenvalue weighted by Crippen LogP contribution is 2.40.